The molecule has 2 heterocycles. The molecule has 100 valence electrons. The Balaban J connectivity index is 1.78. The third kappa shape index (κ3) is 3.88. The van der Waals surface area contributed by atoms with Crippen LogP contribution >= 0.6 is 0 Å². The van der Waals surface area contributed by atoms with E-state index in [1.54, 1.807) is 6.20 Å². The molecule has 1 saturated heterocycles. The summed E-state index contributed by atoms with van der Waals surface area (Å²) in [6.45, 7) is 7.15. The molecular weight excluding hydrogens is 226 g/mol. The van der Waals surface area contributed by atoms with Gasteiger partial charge >= 0.3 is 0 Å². The minimum Gasteiger partial charge on any atom is -0.490 e. The smallest absolute Gasteiger partial charge is 0.168 e. The Morgan fingerprint density at radius 2 is 2.17 bits per heavy atom. The van der Waals surface area contributed by atoms with E-state index in [4.69, 9.17) is 4.74 Å². The van der Waals surface area contributed by atoms with Gasteiger partial charge in [0, 0.05) is 19.3 Å². The van der Waals surface area contributed by atoms with Crippen molar-refractivity contribution in [3.8, 4) is 5.75 Å². The monoisotopic (exact) mass is 249 g/mol. The predicted molar refractivity (Wildman–Crippen MR) is 74.2 cm³/mol. The zero-order chi connectivity index (χ0) is 12.6. The molecule has 4 heteroatoms. The molecule has 18 heavy (non-hydrogen) atoms. The van der Waals surface area contributed by atoms with Crippen LogP contribution in [0.5, 0.6) is 5.75 Å². The first-order valence-corrected chi connectivity index (χ1v) is 6.94. The summed E-state index contributed by atoms with van der Waals surface area (Å²) in [6.07, 6.45) is 5.87. The zero-order valence-corrected chi connectivity index (χ0v) is 11.2. The largest absolute Gasteiger partial charge is 0.490 e. The van der Waals surface area contributed by atoms with E-state index in [-0.39, 0.29) is 0 Å². The topological polar surface area (TPSA) is 37.4 Å². The molecule has 0 bridgehead atoms. The summed E-state index contributed by atoms with van der Waals surface area (Å²) in [6, 6.07) is 3.86. The highest BCUT2D eigenvalue weighted by atomic mass is 16.5. The maximum absolute atomic E-state index is 5.54. The lowest BCUT2D eigenvalue weighted by Crippen LogP contribution is -2.33. The molecule has 0 radical (unpaired) electrons. The quantitative estimate of drug-likeness (QED) is 0.840. The van der Waals surface area contributed by atoms with Gasteiger partial charge in [0.05, 0.1) is 6.61 Å². The Hall–Kier alpha value is -1.29. The number of hydrogen-bond donors (Lipinski definition) is 1. The normalized spacial score (nSPS) is 16.5. The van der Waals surface area contributed by atoms with Crippen molar-refractivity contribution in [1.82, 2.24) is 9.88 Å². The van der Waals surface area contributed by atoms with Crippen molar-refractivity contribution in [3.05, 3.63) is 18.3 Å². The van der Waals surface area contributed by atoms with E-state index in [0.29, 0.717) is 6.61 Å². The molecule has 1 aliphatic rings. The molecule has 0 atom stereocenters. The number of piperidine rings is 1. The molecule has 1 fully saturated rings. The van der Waals surface area contributed by atoms with E-state index < -0.39 is 0 Å². The van der Waals surface area contributed by atoms with Crippen LogP contribution in [0.25, 0.3) is 0 Å². The maximum Gasteiger partial charge on any atom is 0.168 e. The van der Waals surface area contributed by atoms with Gasteiger partial charge in [0.15, 0.2) is 11.6 Å². The van der Waals surface area contributed by atoms with E-state index in [2.05, 4.69) is 15.2 Å². The number of nitrogens with zero attached hydrogens (tertiary/aromatic N) is 2. The molecule has 0 amide bonds. The molecule has 4 nitrogen and oxygen atoms in total. The molecule has 0 aromatic carbocycles. The summed E-state index contributed by atoms with van der Waals surface area (Å²) in [4.78, 5) is 6.84. The highest BCUT2D eigenvalue weighted by Crippen LogP contribution is 2.20. The van der Waals surface area contributed by atoms with Crippen LogP contribution in [0, 0.1) is 0 Å². The lowest BCUT2D eigenvalue weighted by molar-refractivity contribution is 0.237. The zero-order valence-electron chi connectivity index (χ0n) is 11.2. The molecule has 1 aromatic rings. The molecule has 0 spiro atoms. The number of nitrogens with one attached hydrogen (secondary N) is 1. The van der Waals surface area contributed by atoms with Crippen molar-refractivity contribution < 1.29 is 4.74 Å². The Bertz CT molecular complexity index is 351. The molecule has 1 aromatic heterocycles. The van der Waals surface area contributed by atoms with E-state index >= 15 is 0 Å². The van der Waals surface area contributed by atoms with Gasteiger partial charge in [0.25, 0.3) is 0 Å². The van der Waals surface area contributed by atoms with Gasteiger partial charge in [-0.25, -0.2) is 4.98 Å². The van der Waals surface area contributed by atoms with Crippen molar-refractivity contribution >= 4 is 5.82 Å². The first-order chi connectivity index (χ1) is 8.90. The molecule has 1 N–H and O–H groups in total. The third-order valence-electron chi connectivity index (χ3n) is 3.24. The van der Waals surface area contributed by atoms with Gasteiger partial charge in [0.1, 0.15) is 0 Å². The van der Waals surface area contributed by atoms with Crippen LogP contribution in [0.4, 0.5) is 5.82 Å². The summed E-state index contributed by atoms with van der Waals surface area (Å²) in [7, 11) is 0. The summed E-state index contributed by atoms with van der Waals surface area (Å²) in [5.41, 5.74) is 0. The SMILES string of the molecule is CCOc1cccnc1NCCN1CCCCC1. The molecule has 0 unspecified atom stereocenters. The average Bonchev–Trinajstić information content (AvgIpc) is 2.42. The Kier molecular flexibility index (Phi) is 5.27. The fourth-order valence-corrected chi connectivity index (χ4v) is 2.31. The van der Waals surface area contributed by atoms with Crippen LogP contribution < -0.4 is 10.1 Å². The number of ether oxygens (including phenoxy) is 1. The second kappa shape index (κ2) is 7.21. The van der Waals surface area contributed by atoms with Crippen LogP contribution in [-0.2, 0) is 0 Å². The fourth-order valence-electron chi connectivity index (χ4n) is 2.31. The van der Waals surface area contributed by atoms with Crippen LogP contribution in [0.15, 0.2) is 18.3 Å². The van der Waals surface area contributed by atoms with Gasteiger partial charge in [-0.15, -0.1) is 0 Å². The predicted octanol–water partition coefficient (Wildman–Crippen LogP) is 2.38. The van der Waals surface area contributed by atoms with Crippen LogP contribution in [-0.4, -0.2) is 42.7 Å². The van der Waals surface area contributed by atoms with Gasteiger partial charge < -0.3 is 15.0 Å². The van der Waals surface area contributed by atoms with Crippen LogP contribution in [0.3, 0.4) is 0 Å². The molecule has 1 aliphatic heterocycles. The minimum atomic E-state index is 0.673. The van der Waals surface area contributed by atoms with Crippen molar-refractivity contribution in [2.24, 2.45) is 0 Å². The second-order valence-electron chi connectivity index (χ2n) is 4.61. The average molecular weight is 249 g/mol. The van der Waals surface area contributed by atoms with Crippen molar-refractivity contribution in [3.63, 3.8) is 0 Å². The number of anilines is 1. The van der Waals surface area contributed by atoms with Crippen LogP contribution in [0.1, 0.15) is 26.2 Å². The van der Waals surface area contributed by atoms with Gasteiger partial charge in [-0.05, 0) is 45.0 Å². The van der Waals surface area contributed by atoms with Gasteiger partial charge in [-0.1, -0.05) is 6.42 Å². The lowest BCUT2D eigenvalue weighted by atomic mass is 10.1. The highest BCUT2D eigenvalue weighted by molar-refractivity contribution is 5.49. The molecule has 2 rings (SSSR count). The minimum absolute atomic E-state index is 0.673. The lowest BCUT2D eigenvalue weighted by Gasteiger charge is -2.26. The van der Waals surface area contributed by atoms with Crippen molar-refractivity contribution in [2.45, 2.75) is 26.2 Å². The van der Waals surface area contributed by atoms with Crippen molar-refractivity contribution in [2.75, 3.05) is 38.1 Å². The Labute approximate surface area is 109 Å². The number of rotatable bonds is 6. The standard InChI is InChI=1S/C14H23N3O/c1-2-18-13-7-6-8-15-14(13)16-9-12-17-10-4-3-5-11-17/h6-8H,2-5,9-12H2,1H3,(H,15,16). The van der Waals surface area contributed by atoms with E-state index in [0.717, 1.165) is 24.7 Å². The Morgan fingerprint density at radius 1 is 1.33 bits per heavy atom. The van der Waals surface area contributed by atoms with Crippen LogP contribution in [0.2, 0.25) is 0 Å². The summed E-state index contributed by atoms with van der Waals surface area (Å²) < 4.78 is 5.54. The summed E-state index contributed by atoms with van der Waals surface area (Å²) in [5.74, 6) is 1.70. The summed E-state index contributed by atoms with van der Waals surface area (Å²) >= 11 is 0. The van der Waals surface area contributed by atoms with Gasteiger partial charge in [-0.3, -0.25) is 0 Å². The number of hydrogen-bond acceptors (Lipinski definition) is 4. The van der Waals surface area contributed by atoms with Gasteiger partial charge in [0.2, 0.25) is 0 Å². The molecular formula is C14H23N3O. The first kappa shape index (κ1) is 13.1. The Morgan fingerprint density at radius 3 is 2.94 bits per heavy atom. The maximum atomic E-state index is 5.54. The third-order valence-corrected chi connectivity index (χ3v) is 3.24. The fraction of sp³-hybridized carbons (Fsp3) is 0.643. The van der Waals surface area contributed by atoms with E-state index in [1.165, 1.54) is 32.4 Å². The highest BCUT2D eigenvalue weighted by Gasteiger charge is 2.09. The van der Waals surface area contributed by atoms with Crippen molar-refractivity contribution in [1.29, 1.82) is 0 Å². The number of aromatic nitrogens is 1. The summed E-state index contributed by atoms with van der Waals surface area (Å²) in [5, 5.41) is 3.37. The van der Waals surface area contributed by atoms with E-state index in [9.17, 15) is 0 Å². The first-order valence-electron chi connectivity index (χ1n) is 6.94. The number of pyridine rings is 1. The molecule has 0 aliphatic carbocycles. The van der Waals surface area contributed by atoms with E-state index in [1.807, 2.05) is 19.1 Å². The second-order valence-corrected chi connectivity index (χ2v) is 4.61. The number of likely N-dealkylation sites (tertiary alicyclic amines) is 1. The molecule has 0 saturated carbocycles. The van der Waals surface area contributed by atoms with Gasteiger partial charge in [-0.2, -0.15) is 0 Å².